The largest absolute Gasteiger partial charge is 0.459 e. The molecular weight excluding hydrogens is 344 g/mol. The zero-order valence-corrected chi connectivity index (χ0v) is 14.2. The van der Waals surface area contributed by atoms with Crippen molar-refractivity contribution in [3.63, 3.8) is 0 Å². The number of carbonyl (C=O) groups is 3. The third kappa shape index (κ3) is 2.74. The molecule has 3 rings (SSSR count). The van der Waals surface area contributed by atoms with E-state index in [-0.39, 0.29) is 12.3 Å². The lowest BCUT2D eigenvalue weighted by atomic mass is 9.79. The number of Topliss-reactive ketones (excluding diaryl/α,β-unsaturated/α-hetero) is 1. The van der Waals surface area contributed by atoms with Gasteiger partial charge in [-0.25, -0.2) is 4.79 Å². The van der Waals surface area contributed by atoms with Crippen LogP contribution in [-0.2, 0) is 25.7 Å². The fraction of sp³-hybridized carbons (Fsp3) is 0.471. The number of carbonyl (C=O) groups excluding carboxylic acids is 3. The molecule has 1 N–H and O–H groups in total. The Hall–Kier alpha value is -2.81. The first-order valence-corrected chi connectivity index (χ1v) is 8.18. The lowest BCUT2D eigenvalue weighted by molar-refractivity contribution is -0.384. The van der Waals surface area contributed by atoms with Crippen LogP contribution in [0, 0.1) is 22.0 Å². The van der Waals surface area contributed by atoms with Crippen LogP contribution in [0.15, 0.2) is 24.3 Å². The van der Waals surface area contributed by atoms with E-state index in [4.69, 9.17) is 4.74 Å². The summed E-state index contributed by atoms with van der Waals surface area (Å²) in [7, 11) is 0. The first kappa shape index (κ1) is 18.0. The van der Waals surface area contributed by atoms with Crippen molar-refractivity contribution < 1.29 is 29.2 Å². The highest BCUT2D eigenvalue weighted by Crippen LogP contribution is 2.43. The number of amides is 1. The second-order valence-electron chi connectivity index (χ2n) is 6.63. The summed E-state index contributed by atoms with van der Waals surface area (Å²) in [6.07, 6.45) is -0.895. The second kappa shape index (κ2) is 6.49. The fourth-order valence-electron chi connectivity index (χ4n) is 3.63. The minimum absolute atomic E-state index is 0.0851. The highest BCUT2D eigenvalue weighted by molar-refractivity contribution is 6.12. The molecule has 0 saturated carbocycles. The zero-order chi connectivity index (χ0) is 19.2. The van der Waals surface area contributed by atoms with Gasteiger partial charge in [-0.3, -0.25) is 19.7 Å². The molecule has 2 heterocycles. The Balaban J connectivity index is 1.67. The Kier molecular flexibility index (Phi) is 4.49. The van der Waals surface area contributed by atoms with Gasteiger partial charge in [-0.15, -0.1) is 0 Å². The molecule has 26 heavy (non-hydrogen) atoms. The van der Waals surface area contributed by atoms with E-state index in [1.807, 2.05) is 0 Å². The Bertz CT molecular complexity index is 774. The predicted octanol–water partition coefficient (Wildman–Crippen LogP) is 0.433. The van der Waals surface area contributed by atoms with Crippen LogP contribution in [0.5, 0.6) is 0 Å². The van der Waals surface area contributed by atoms with Crippen molar-refractivity contribution in [3.05, 3.63) is 39.9 Å². The number of esters is 1. The molecule has 1 aromatic carbocycles. The molecule has 0 bridgehead atoms. The highest BCUT2D eigenvalue weighted by Gasteiger charge is 2.64. The second-order valence-corrected chi connectivity index (χ2v) is 6.63. The molecule has 2 aliphatic heterocycles. The van der Waals surface area contributed by atoms with Gasteiger partial charge in [0.15, 0.2) is 11.8 Å². The monoisotopic (exact) mass is 362 g/mol. The van der Waals surface area contributed by atoms with Crippen molar-refractivity contribution in [2.45, 2.75) is 38.6 Å². The van der Waals surface area contributed by atoms with Gasteiger partial charge >= 0.3 is 5.97 Å². The van der Waals surface area contributed by atoms with E-state index >= 15 is 0 Å². The van der Waals surface area contributed by atoms with Crippen LogP contribution >= 0.6 is 0 Å². The summed E-state index contributed by atoms with van der Waals surface area (Å²) in [4.78, 5) is 48.2. The topological polar surface area (TPSA) is 127 Å². The van der Waals surface area contributed by atoms with Crippen LogP contribution in [0.3, 0.4) is 0 Å². The minimum Gasteiger partial charge on any atom is -0.459 e. The van der Waals surface area contributed by atoms with E-state index < -0.39 is 52.6 Å². The molecule has 2 saturated heterocycles. The average molecular weight is 362 g/mol. The lowest BCUT2D eigenvalue weighted by Gasteiger charge is -2.46. The van der Waals surface area contributed by atoms with Gasteiger partial charge in [-0.1, -0.05) is 6.92 Å². The van der Waals surface area contributed by atoms with Crippen molar-refractivity contribution in [2.75, 3.05) is 0 Å². The number of ketones is 1. The summed E-state index contributed by atoms with van der Waals surface area (Å²) in [5, 5.41) is 20.3. The number of nitro benzene ring substituents is 1. The normalized spacial score (nSPS) is 28.3. The van der Waals surface area contributed by atoms with E-state index in [9.17, 15) is 29.6 Å². The molecule has 9 nitrogen and oxygen atoms in total. The van der Waals surface area contributed by atoms with Crippen LogP contribution < -0.4 is 0 Å². The number of aliphatic hydroxyl groups is 1. The lowest BCUT2D eigenvalue weighted by Crippen LogP contribution is -2.65. The summed E-state index contributed by atoms with van der Waals surface area (Å²) in [6, 6.07) is 3.68. The number of nitro groups is 1. The first-order chi connectivity index (χ1) is 12.2. The highest BCUT2D eigenvalue weighted by atomic mass is 16.6. The van der Waals surface area contributed by atoms with E-state index in [2.05, 4.69) is 0 Å². The van der Waals surface area contributed by atoms with Crippen molar-refractivity contribution in [1.29, 1.82) is 0 Å². The van der Waals surface area contributed by atoms with Gasteiger partial charge in [0.2, 0.25) is 5.91 Å². The average Bonchev–Trinajstić information content (AvgIpc) is 2.81. The fourth-order valence-corrected chi connectivity index (χ4v) is 3.63. The van der Waals surface area contributed by atoms with Gasteiger partial charge in [0, 0.05) is 18.1 Å². The molecule has 0 spiro atoms. The molecule has 138 valence electrons. The number of ether oxygens (including phenoxy) is 1. The predicted molar refractivity (Wildman–Crippen MR) is 86.7 cm³/mol. The molecule has 1 amide bonds. The summed E-state index contributed by atoms with van der Waals surface area (Å²) >= 11 is 0. The van der Waals surface area contributed by atoms with Gasteiger partial charge < -0.3 is 14.7 Å². The summed E-state index contributed by atoms with van der Waals surface area (Å²) < 4.78 is 5.14. The molecule has 5 atom stereocenters. The van der Waals surface area contributed by atoms with Gasteiger partial charge in [0.05, 0.1) is 23.0 Å². The third-order valence-corrected chi connectivity index (χ3v) is 5.01. The maximum atomic E-state index is 12.4. The SMILES string of the molecule is C[C@@H](O)[C@H]1C(=O)N2[C@@H](C(=O)OCc3ccc([N+](=O)[O-])cc3)C(=O)[C@H](C)[C@H]12. The van der Waals surface area contributed by atoms with Crippen molar-refractivity contribution >= 4 is 23.3 Å². The number of rotatable bonds is 5. The Labute approximate surface area is 148 Å². The molecule has 0 radical (unpaired) electrons. The maximum absolute atomic E-state index is 12.4. The Morgan fingerprint density at radius 3 is 2.50 bits per heavy atom. The zero-order valence-electron chi connectivity index (χ0n) is 14.2. The number of hydrogen-bond donors (Lipinski definition) is 1. The summed E-state index contributed by atoms with van der Waals surface area (Å²) in [5.74, 6) is -2.90. The Morgan fingerprint density at radius 2 is 1.96 bits per heavy atom. The molecule has 1 aromatic rings. The smallest absolute Gasteiger partial charge is 0.337 e. The standard InChI is InChI=1S/C17H18N2O7/c1-8-13-12(9(2)20)16(22)18(13)14(15(8)21)17(23)26-7-10-3-5-11(6-4-10)19(24)25/h3-6,8-9,12-14,20H,7H2,1-2H3/t8-,9-,12-,13-,14-/m1/s1. The summed E-state index contributed by atoms with van der Waals surface area (Å²) in [5.41, 5.74) is 0.439. The minimum atomic E-state index is -1.30. The molecule has 2 aliphatic rings. The number of fused-ring (bicyclic) bond motifs is 1. The van der Waals surface area contributed by atoms with Gasteiger partial charge in [-0.2, -0.15) is 0 Å². The van der Waals surface area contributed by atoms with Crippen LogP contribution in [-0.4, -0.2) is 50.8 Å². The molecule has 0 unspecified atom stereocenters. The van der Waals surface area contributed by atoms with Crippen LogP contribution in [0.25, 0.3) is 0 Å². The van der Waals surface area contributed by atoms with Crippen molar-refractivity contribution in [3.8, 4) is 0 Å². The quantitative estimate of drug-likeness (QED) is 0.265. The van der Waals surface area contributed by atoms with E-state index in [1.165, 1.54) is 36.1 Å². The molecule has 0 aromatic heterocycles. The molecule has 9 heteroatoms. The van der Waals surface area contributed by atoms with Crippen LogP contribution in [0.1, 0.15) is 19.4 Å². The van der Waals surface area contributed by atoms with Crippen molar-refractivity contribution in [1.82, 2.24) is 4.90 Å². The first-order valence-electron chi connectivity index (χ1n) is 8.18. The summed E-state index contributed by atoms with van der Waals surface area (Å²) in [6.45, 7) is 2.95. The number of benzene rings is 1. The Morgan fingerprint density at radius 1 is 1.35 bits per heavy atom. The number of aliphatic hydroxyl groups excluding tert-OH is 1. The van der Waals surface area contributed by atoms with Gasteiger partial charge in [0.25, 0.3) is 5.69 Å². The molecule has 0 aliphatic carbocycles. The van der Waals surface area contributed by atoms with E-state index in [1.54, 1.807) is 6.92 Å². The van der Waals surface area contributed by atoms with Gasteiger partial charge in [-0.05, 0) is 24.6 Å². The van der Waals surface area contributed by atoms with Crippen LogP contribution in [0.2, 0.25) is 0 Å². The number of nitrogens with zero attached hydrogens (tertiary/aromatic N) is 2. The van der Waals surface area contributed by atoms with E-state index in [0.717, 1.165) is 0 Å². The molecule has 2 fully saturated rings. The van der Waals surface area contributed by atoms with Crippen molar-refractivity contribution in [2.24, 2.45) is 11.8 Å². The van der Waals surface area contributed by atoms with Gasteiger partial charge in [0.1, 0.15) is 6.61 Å². The van der Waals surface area contributed by atoms with E-state index in [0.29, 0.717) is 5.56 Å². The maximum Gasteiger partial charge on any atom is 0.337 e. The number of non-ortho nitro benzene ring substituents is 1. The van der Waals surface area contributed by atoms with Crippen LogP contribution in [0.4, 0.5) is 5.69 Å². The molecular formula is C17H18N2O7. The third-order valence-electron chi connectivity index (χ3n) is 5.01. The number of β-lactam (4-membered cyclic amide) rings is 1. The number of hydrogen-bond acceptors (Lipinski definition) is 7.